The molecule has 1 aromatic carbocycles. The average molecular weight is 475 g/mol. The van der Waals surface area contributed by atoms with E-state index in [1.165, 1.54) is 27.7 Å². The van der Waals surface area contributed by atoms with Crippen LogP contribution in [0.3, 0.4) is 0 Å². The molecule has 174 valence electrons. The van der Waals surface area contributed by atoms with Gasteiger partial charge in [0, 0.05) is 37.1 Å². The van der Waals surface area contributed by atoms with E-state index in [1.54, 1.807) is 11.0 Å². The lowest BCUT2D eigenvalue weighted by molar-refractivity contribution is -0.123. The Hall–Kier alpha value is -3.72. The molecule has 0 unspecified atom stereocenters. The topological polar surface area (TPSA) is 99.8 Å². The van der Waals surface area contributed by atoms with Crippen LogP contribution in [0.1, 0.15) is 35.4 Å². The zero-order valence-corrected chi connectivity index (χ0v) is 20.0. The highest BCUT2D eigenvalue weighted by Crippen LogP contribution is 2.17. The van der Waals surface area contributed by atoms with Crippen LogP contribution in [0, 0.1) is 19.3 Å². The summed E-state index contributed by atoms with van der Waals surface area (Å²) >= 11 is 1.19. The number of benzene rings is 1. The Morgan fingerprint density at radius 1 is 1.21 bits per heavy atom. The van der Waals surface area contributed by atoms with Crippen LogP contribution in [0.4, 0.5) is 0 Å². The largest absolute Gasteiger partial charge is 0.344 e. The van der Waals surface area contributed by atoms with Gasteiger partial charge >= 0.3 is 0 Å². The molecule has 1 fully saturated rings. The lowest BCUT2D eigenvalue weighted by atomic mass is 10.2. The molecule has 2 aromatic rings. The summed E-state index contributed by atoms with van der Waals surface area (Å²) < 4.78 is 4.22. The van der Waals surface area contributed by atoms with Gasteiger partial charge in [-0.05, 0) is 50.0 Å². The van der Waals surface area contributed by atoms with Crippen LogP contribution in [-0.4, -0.2) is 43.2 Å². The Balaban J connectivity index is 1.56. The maximum absolute atomic E-state index is 12.8. The minimum Gasteiger partial charge on any atom is -0.344 e. The van der Waals surface area contributed by atoms with E-state index < -0.39 is 5.56 Å². The molecule has 8 nitrogen and oxygen atoms in total. The Labute approximate surface area is 200 Å². The SMILES string of the molecule is Cc1cc(/C=c2/c(=O)nc3s/c(=C/C(=O)N4CCCC4)[nH]n-3c2=N)c(C)n1Cc1ccccc1. The molecule has 0 spiro atoms. The zero-order valence-electron chi connectivity index (χ0n) is 19.2. The number of hydrogen-bond donors (Lipinski definition) is 2. The Morgan fingerprint density at radius 2 is 1.94 bits per heavy atom. The fourth-order valence-electron chi connectivity index (χ4n) is 4.39. The van der Waals surface area contributed by atoms with Crippen LogP contribution in [-0.2, 0) is 11.3 Å². The van der Waals surface area contributed by atoms with Crippen molar-refractivity contribution in [1.29, 1.82) is 5.41 Å². The molecule has 0 radical (unpaired) electrons. The average Bonchev–Trinajstić information content (AvgIpc) is 3.54. The molecule has 1 amide bonds. The Morgan fingerprint density at radius 3 is 2.68 bits per heavy atom. The number of likely N-dealkylation sites (tertiary alicyclic amines) is 1. The van der Waals surface area contributed by atoms with Gasteiger partial charge in [-0.15, -0.1) is 0 Å². The first-order valence-corrected chi connectivity index (χ1v) is 12.1. The molecular formula is C25H26N6O2S. The summed E-state index contributed by atoms with van der Waals surface area (Å²) in [7, 11) is 0. The number of aromatic nitrogens is 4. The summed E-state index contributed by atoms with van der Waals surface area (Å²) in [6, 6.07) is 12.2. The number of nitrogens with one attached hydrogen (secondary N) is 2. The van der Waals surface area contributed by atoms with Crippen LogP contribution >= 0.6 is 11.3 Å². The number of amides is 1. The van der Waals surface area contributed by atoms with Gasteiger partial charge in [-0.2, -0.15) is 4.98 Å². The molecule has 2 N–H and O–H groups in total. The molecular weight excluding hydrogens is 448 g/mol. The maximum Gasteiger partial charge on any atom is 0.283 e. The van der Waals surface area contributed by atoms with E-state index >= 15 is 0 Å². The number of aromatic amines is 1. The summed E-state index contributed by atoms with van der Waals surface area (Å²) in [6.45, 7) is 6.32. The van der Waals surface area contributed by atoms with Crippen LogP contribution in [0.2, 0.25) is 0 Å². The molecule has 3 aliphatic rings. The molecule has 0 aliphatic carbocycles. The van der Waals surface area contributed by atoms with Gasteiger partial charge in [-0.3, -0.25) is 20.1 Å². The van der Waals surface area contributed by atoms with Crippen LogP contribution in [0.15, 0.2) is 41.2 Å². The molecule has 0 bridgehead atoms. The van der Waals surface area contributed by atoms with E-state index in [0.29, 0.717) is 9.79 Å². The van der Waals surface area contributed by atoms with Crippen molar-refractivity contribution in [2.24, 2.45) is 0 Å². The number of hydrogen-bond acceptors (Lipinski definition) is 5. The number of carbonyl (C=O) groups is 1. The molecule has 5 rings (SSSR count). The highest BCUT2D eigenvalue weighted by Gasteiger charge is 2.17. The first kappa shape index (κ1) is 22.1. The summed E-state index contributed by atoms with van der Waals surface area (Å²) in [5, 5.41) is 12.3. The summed E-state index contributed by atoms with van der Waals surface area (Å²) in [5.74, 6) is -0.0626. The predicted octanol–water partition coefficient (Wildman–Crippen LogP) is 1.24. The number of fused-ring (bicyclic) bond motifs is 1. The van der Waals surface area contributed by atoms with Gasteiger partial charge in [0.1, 0.15) is 4.66 Å². The van der Waals surface area contributed by atoms with E-state index in [2.05, 4.69) is 26.8 Å². The third-order valence-electron chi connectivity index (χ3n) is 6.29. The molecule has 1 saturated heterocycles. The molecule has 3 aliphatic heterocycles. The van der Waals surface area contributed by atoms with Crippen molar-refractivity contribution in [2.75, 3.05) is 13.1 Å². The lowest BCUT2D eigenvalue weighted by Crippen LogP contribution is -2.47. The number of carbonyl (C=O) groups excluding carboxylic acids is 1. The van der Waals surface area contributed by atoms with E-state index in [1.807, 2.05) is 38.1 Å². The zero-order chi connectivity index (χ0) is 23.8. The van der Waals surface area contributed by atoms with Crippen LogP contribution in [0.5, 0.6) is 0 Å². The molecule has 34 heavy (non-hydrogen) atoms. The molecule has 4 heterocycles. The summed E-state index contributed by atoms with van der Waals surface area (Å²) in [5.41, 5.74) is 3.74. The second kappa shape index (κ2) is 8.90. The molecule has 0 saturated carbocycles. The predicted molar refractivity (Wildman–Crippen MR) is 132 cm³/mol. The molecule has 9 heteroatoms. The van der Waals surface area contributed by atoms with Crippen molar-refractivity contribution in [3.8, 4) is 5.13 Å². The minimum absolute atomic E-state index is 0.0207. The van der Waals surface area contributed by atoms with Crippen molar-refractivity contribution >= 4 is 29.4 Å². The van der Waals surface area contributed by atoms with Crippen LogP contribution in [0.25, 0.3) is 17.3 Å². The normalized spacial score (nSPS) is 15.1. The van der Waals surface area contributed by atoms with Gasteiger partial charge in [-0.25, -0.2) is 4.68 Å². The van der Waals surface area contributed by atoms with E-state index in [4.69, 9.17) is 5.41 Å². The first-order valence-electron chi connectivity index (χ1n) is 11.3. The fourth-order valence-corrected chi connectivity index (χ4v) is 5.24. The van der Waals surface area contributed by atoms with Gasteiger partial charge < -0.3 is 9.47 Å². The van der Waals surface area contributed by atoms with Crippen LogP contribution < -0.4 is 20.9 Å². The van der Waals surface area contributed by atoms with Crippen molar-refractivity contribution < 1.29 is 4.79 Å². The number of aryl methyl sites for hydroxylation is 1. The number of nitrogens with zero attached hydrogens (tertiary/aromatic N) is 4. The fraction of sp³-hybridized carbons (Fsp3) is 0.280. The third kappa shape index (κ3) is 4.14. The maximum atomic E-state index is 12.8. The number of H-pyrrole nitrogens is 1. The van der Waals surface area contributed by atoms with Crippen molar-refractivity contribution in [3.05, 3.63) is 84.6 Å². The monoisotopic (exact) mass is 474 g/mol. The van der Waals surface area contributed by atoms with Gasteiger partial charge in [0.15, 0.2) is 5.49 Å². The Bertz CT molecular complexity index is 1570. The van der Waals surface area contributed by atoms with Crippen molar-refractivity contribution in [2.45, 2.75) is 33.2 Å². The third-order valence-corrected chi connectivity index (χ3v) is 7.17. The first-order chi connectivity index (χ1) is 16.4. The van der Waals surface area contributed by atoms with Gasteiger partial charge in [0.2, 0.25) is 11.0 Å². The second-order valence-corrected chi connectivity index (χ2v) is 9.60. The quantitative estimate of drug-likeness (QED) is 0.465. The highest BCUT2D eigenvalue weighted by atomic mass is 32.1. The second-order valence-electron chi connectivity index (χ2n) is 8.59. The van der Waals surface area contributed by atoms with Gasteiger partial charge in [-0.1, -0.05) is 41.7 Å². The van der Waals surface area contributed by atoms with Crippen molar-refractivity contribution in [3.63, 3.8) is 0 Å². The van der Waals surface area contributed by atoms with Gasteiger partial charge in [0.05, 0.1) is 5.22 Å². The van der Waals surface area contributed by atoms with E-state index in [-0.39, 0.29) is 16.6 Å². The minimum atomic E-state index is -0.453. The van der Waals surface area contributed by atoms with Gasteiger partial charge in [0.25, 0.3) is 5.56 Å². The Kier molecular flexibility index (Phi) is 5.79. The highest BCUT2D eigenvalue weighted by molar-refractivity contribution is 7.11. The molecule has 1 aromatic heterocycles. The smallest absolute Gasteiger partial charge is 0.283 e. The van der Waals surface area contributed by atoms with E-state index in [9.17, 15) is 9.59 Å². The number of rotatable bonds is 4. The summed E-state index contributed by atoms with van der Waals surface area (Å²) in [6.07, 6.45) is 5.30. The standard InChI is InChI=1S/C25H26N6O2S/c1-16-12-19(17(2)30(16)15-18-8-4-3-5-9-18)13-20-23(26)31-25(27-24(20)33)34-21(28-31)14-22(32)29-10-6-7-11-29/h3-5,8-9,12-14,26,28H,6-7,10-11,15H2,1-2H3/b20-13+,21-14+,26-23?. The molecule has 0 atom stereocenters. The summed E-state index contributed by atoms with van der Waals surface area (Å²) in [4.78, 5) is 31.3. The van der Waals surface area contributed by atoms with Crippen molar-refractivity contribution in [1.82, 2.24) is 24.2 Å². The van der Waals surface area contributed by atoms with E-state index in [0.717, 1.165) is 49.4 Å². The lowest BCUT2D eigenvalue weighted by Gasteiger charge is -2.10.